The number of hydrogen-bond acceptors (Lipinski definition) is 6. The largest absolute Gasteiger partial charge is 0.508 e. The van der Waals surface area contributed by atoms with Gasteiger partial charge in [0.2, 0.25) is 0 Å². The van der Waals surface area contributed by atoms with E-state index in [1.807, 2.05) is 6.92 Å². The number of amides is 1. The van der Waals surface area contributed by atoms with Gasteiger partial charge in [-0.15, -0.1) is 0 Å². The first-order valence-corrected chi connectivity index (χ1v) is 8.36. The number of fused-ring (bicyclic) bond motifs is 1. The summed E-state index contributed by atoms with van der Waals surface area (Å²) in [6.07, 6.45) is 1.16. The highest BCUT2D eigenvalue weighted by Gasteiger charge is 2.27. The van der Waals surface area contributed by atoms with Gasteiger partial charge >= 0.3 is 0 Å². The number of anilines is 2. The number of carbonyl (C=O) groups excluding carboxylic acids is 1. The topological polar surface area (TPSA) is 143 Å². The van der Waals surface area contributed by atoms with Gasteiger partial charge in [-0.3, -0.25) is 9.36 Å². The highest BCUT2D eigenvalue weighted by atomic mass is 16.3. The van der Waals surface area contributed by atoms with Crippen LogP contribution in [0, 0.1) is 26.2 Å². The van der Waals surface area contributed by atoms with Gasteiger partial charge in [0.05, 0.1) is 28.0 Å². The molecule has 3 rings (SSSR count). The van der Waals surface area contributed by atoms with E-state index in [-0.39, 0.29) is 17.1 Å². The molecular weight excluding hydrogens is 344 g/mol. The van der Waals surface area contributed by atoms with Gasteiger partial charge in [-0.25, -0.2) is 4.98 Å². The molecule has 0 atom stereocenters. The van der Waals surface area contributed by atoms with Gasteiger partial charge in [0.25, 0.3) is 5.91 Å². The summed E-state index contributed by atoms with van der Waals surface area (Å²) >= 11 is 0. The number of benzene rings is 1. The lowest BCUT2D eigenvalue weighted by Gasteiger charge is -2.17. The second-order valence-electron chi connectivity index (χ2n) is 6.41. The molecule has 3 aromatic rings. The maximum atomic E-state index is 12.2. The maximum absolute atomic E-state index is 12.2. The van der Waals surface area contributed by atoms with Crippen molar-refractivity contribution in [1.82, 2.24) is 9.55 Å². The summed E-state index contributed by atoms with van der Waals surface area (Å²) in [4.78, 5) is 16.7. The van der Waals surface area contributed by atoms with Crippen LogP contribution in [0.25, 0.3) is 16.6 Å². The Morgan fingerprint density at radius 3 is 2.56 bits per heavy atom. The predicted molar refractivity (Wildman–Crippen MR) is 107 cm³/mol. The summed E-state index contributed by atoms with van der Waals surface area (Å²) in [6.45, 7) is 5.41. The lowest BCUT2D eigenvalue weighted by Crippen LogP contribution is -2.14. The summed E-state index contributed by atoms with van der Waals surface area (Å²) in [7, 11) is 1.71. The molecule has 0 radical (unpaired) electrons. The fourth-order valence-corrected chi connectivity index (χ4v) is 3.57. The van der Waals surface area contributed by atoms with Gasteiger partial charge in [-0.2, -0.15) is 0 Å². The zero-order valence-corrected chi connectivity index (χ0v) is 15.6. The maximum Gasteiger partial charge on any atom is 0.253 e. The van der Waals surface area contributed by atoms with Gasteiger partial charge in [0.1, 0.15) is 17.4 Å². The quantitative estimate of drug-likeness (QED) is 0.450. The normalized spacial score (nSPS) is 11.0. The molecule has 1 amide bonds. The van der Waals surface area contributed by atoms with Crippen LogP contribution in [0.2, 0.25) is 0 Å². The SMILES string of the molecule is CNc1nc(C)c2c(C(N)=O)c(N)n(-c3c(C)ccc(O)c3C)c2c1C=N. The van der Waals surface area contributed by atoms with Crippen molar-refractivity contribution in [1.29, 1.82) is 5.41 Å². The molecule has 0 spiro atoms. The van der Waals surface area contributed by atoms with Crippen LogP contribution in [0.3, 0.4) is 0 Å². The number of aromatic nitrogens is 2. The van der Waals surface area contributed by atoms with Crippen LogP contribution in [0.5, 0.6) is 5.75 Å². The Hall–Kier alpha value is -3.55. The first-order valence-electron chi connectivity index (χ1n) is 8.36. The van der Waals surface area contributed by atoms with Gasteiger partial charge < -0.3 is 27.3 Å². The Kier molecular flexibility index (Phi) is 4.27. The van der Waals surface area contributed by atoms with Crippen molar-refractivity contribution in [3.05, 3.63) is 40.1 Å². The molecule has 0 fully saturated rings. The van der Waals surface area contributed by atoms with E-state index in [2.05, 4.69) is 10.3 Å². The third-order valence-electron chi connectivity index (χ3n) is 4.81. The smallest absolute Gasteiger partial charge is 0.253 e. The molecule has 140 valence electrons. The molecule has 0 aliphatic carbocycles. The Morgan fingerprint density at radius 1 is 1.33 bits per heavy atom. The number of rotatable bonds is 4. The molecule has 8 heteroatoms. The minimum absolute atomic E-state index is 0.105. The Bertz CT molecular complexity index is 1110. The molecule has 0 saturated heterocycles. The number of phenolic OH excluding ortho intramolecular Hbond substituents is 1. The van der Waals surface area contributed by atoms with Crippen molar-refractivity contribution in [2.45, 2.75) is 20.8 Å². The molecule has 0 aliphatic heterocycles. The van der Waals surface area contributed by atoms with Crippen LogP contribution in [0.15, 0.2) is 12.1 Å². The minimum Gasteiger partial charge on any atom is -0.508 e. The lowest BCUT2D eigenvalue weighted by molar-refractivity contribution is 0.100. The molecule has 0 bridgehead atoms. The van der Waals surface area contributed by atoms with Gasteiger partial charge in [0.15, 0.2) is 0 Å². The van der Waals surface area contributed by atoms with Gasteiger partial charge in [-0.1, -0.05) is 6.07 Å². The Morgan fingerprint density at radius 2 is 2.00 bits per heavy atom. The number of carbonyl (C=O) groups is 1. The fourth-order valence-electron chi connectivity index (χ4n) is 3.57. The van der Waals surface area contributed by atoms with Crippen LogP contribution >= 0.6 is 0 Å². The first kappa shape index (κ1) is 18.2. The standard InChI is InChI=1S/C19H22N6O2/c1-8-5-6-12(26)9(2)15(8)25-16-11(7-20)19(23-4)24-10(3)13(16)14(17(25)21)18(22)27/h5-7,20,26H,21H2,1-4H3,(H2,22,27)(H,23,24). The van der Waals surface area contributed by atoms with E-state index in [0.29, 0.717) is 39.2 Å². The van der Waals surface area contributed by atoms with E-state index in [0.717, 1.165) is 11.8 Å². The second-order valence-corrected chi connectivity index (χ2v) is 6.41. The molecule has 1 aromatic carbocycles. The summed E-state index contributed by atoms with van der Waals surface area (Å²) < 4.78 is 1.68. The highest BCUT2D eigenvalue weighted by molar-refractivity contribution is 6.16. The molecule has 2 aromatic heterocycles. The predicted octanol–water partition coefficient (Wildman–Crippen LogP) is 2.38. The number of nitrogens with two attached hydrogens (primary N) is 2. The van der Waals surface area contributed by atoms with Crippen molar-refractivity contribution in [2.24, 2.45) is 5.73 Å². The van der Waals surface area contributed by atoms with Crippen LogP contribution in [0.1, 0.15) is 32.7 Å². The summed E-state index contributed by atoms with van der Waals surface area (Å²) in [5, 5.41) is 21.6. The molecule has 0 saturated carbocycles. The lowest BCUT2D eigenvalue weighted by atomic mass is 10.1. The van der Waals surface area contributed by atoms with Crippen LogP contribution < -0.4 is 16.8 Å². The van der Waals surface area contributed by atoms with Crippen LogP contribution in [-0.2, 0) is 0 Å². The molecule has 0 aliphatic rings. The number of aryl methyl sites for hydroxylation is 2. The van der Waals surface area contributed by atoms with Crippen molar-refractivity contribution in [2.75, 3.05) is 18.1 Å². The van der Waals surface area contributed by atoms with E-state index in [9.17, 15) is 9.90 Å². The average Bonchev–Trinajstić information content (AvgIpc) is 2.92. The minimum atomic E-state index is -0.676. The summed E-state index contributed by atoms with van der Waals surface area (Å²) in [6, 6.07) is 3.37. The zero-order valence-electron chi connectivity index (χ0n) is 15.6. The molecule has 7 N–H and O–H groups in total. The summed E-state index contributed by atoms with van der Waals surface area (Å²) in [5.74, 6) is 0.0639. The van der Waals surface area contributed by atoms with Crippen molar-refractivity contribution in [3.63, 3.8) is 0 Å². The van der Waals surface area contributed by atoms with Crippen molar-refractivity contribution >= 4 is 34.7 Å². The Balaban J connectivity index is 2.68. The summed E-state index contributed by atoms with van der Waals surface area (Å²) in [5.41, 5.74) is 15.8. The van der Waals surface area contributed by atoms with Crippen molar-refractivity contribution in [3.8, 4) is 11.4 Å². The monoisotopic (exact) mass is 366 g/mol. The number of nitrogen functional groups attached to an aromatic ring is 1. The van der Waals surface area contributed by atoms with E-state index in [1.165, 1.54) is 0 Å². The number of pyridine rings is 1. The first-order chi connectivity index (χ1) is 12.7. The number of nitrogens with zero attached hydrogens (tertiary/aromatic N) is 2. The third-order valence-corrected chi connectivity index (χ3v) is 4.81. The second kappa shape index (κ2) is 6.31. The number of aromatic hydroxyl groups is 1. The highest BCUT2D eigenvalue weighted by Crippen LogP contribution is 2.39. The number of nitrogens with one attached hydrogen (secondary N) is 2. The van der Waals surface area contributed by atoms with E-state index >= 15 is 0 Å². The van der Waals surface area contributed by atoms with E-state index in [4.69, 9.17) is 16.9 Å². The Labute approximate surface area is 156 Å². The number of primary amides is 1. The molecular formula is C19H22N6O2. The van der Waals surface area contributed by atoms with Crippen LogP contribution in [-0.4, -0.2) is 33.8 Å². The molecule has 2 heterocycles. The van der Waals surface area contributed by atoms with Crippen molar-refractivity contribution < 1.29 is 9.90 Å². The van der Waals surface area contributed by atoms with E-state index in [1.54, 1.807) is 37.6 Å². The van der Waals surface area contributed by atoms with Crippen LogP contribution in [0.4, 0.5) is 11.6 Å². The fraction of sp³-hybridized carbons (Fsp3) is 0.211. The zero-order chi connectivity index (χ0) is 20.0. The van der Waals surface area contributed by atoms with Gasteiger partial charge in [-0.05, 0) is 32.4 Å². The van der Waals surface area contributed by atoms with E-state index < -0.39 is 5.91 Å². The van der Waals surface area contributed by atoms with Gasteiger partial charge in [0, 0.05) is 24.2 Å². The average molecular weight is 366 g/mol. The third kappa shape index (κ3) is 2.49. The molecule has 27 heavy (non-hydrogen) atoms. The molecule has 8 nitrogen and oxygen atoms in total. The molecule has 0 unspecified atom stereocenters. The number of hydrogen-bond donors (Lipinski definition) is 5. The number of phenols is 1.